The smallest absolute Gasteiger partial charge is 0.0753 e. The number of hydrogen-bond donors (Lipinski definition) is 1. The van der Waals surface area contributed by atoms with Gasteiger partial charge in [-0.1, -0.05) is 0 Å². The van der Waals surface area contributed by atoms with Crippen LogP contribution in [0.5, 0.6) is 0 Å². The molecule has 0 amide bonds. The Morgan fingerprint density at radius 1 is 1.28 bits per heavy atom. The highest BCUT2D eigenvalue weighted by molar-refractivity contribution is 4.79. The molecule has 0 aliphatic carbocycles. The normalized spacial score (nSPS) is 20.2. The van der Waals surface area contributed by atoms with E-state index in [1.807, 2.05) is 6.92 Å². The van der Waals surface area contributed by atoms with Crippen molar-refractivity contribution in [3.63, 3.8) is 0 Å². The van der Waals surface area contributed by atoms with Crippen molar-refractivity contribution in [2.45, 2.75) is 39.2 Å². The molecule has 1 N–H and O–H groups in total. The maximum atomic E-state index is 5.70. The molecule has 0 saturated carbocycles. The quantitative estimate of drug-likeness (QED) is 0.636. The molecule has 0 bridgehead atoms. The van der Waals surface area contributed by atoms with Gasteiger partial charge in [0, 0.05) is 39.4 Å². The predicted molar refractivity (Wildman–Crippen MR) is 75.1 cm³/mol. The zero-order chi connectivity index (χ0) is 13.3. The van der Waals surface area contributed by atoms with Crippen LogP contribution in [0.25, 0.3) is 0 Å². The third-order valence-electron chi connectivity index (χ3n) is 3.21. The molecule has 1 rings (SSSR count). The third-order valence-corrected chi connectivity index (χ3v) is 3.21. The minimum atomic E-state index is 0.0236. The summed E-state index contributed by atoms with van der Waals surface area (Å²) in [5.74, 6) is 0. The van der Waals surface area contributed by atoms with Gasteiger partial charge in [-0.3, -0.25) is 4.90 Å². The van der Waals surface area contributed by atoms with Crippen molar-refractivity contribution in [2.75, 3.05) is 52.5 Å². The summed E-state index contributed by atoms with van der Waals surface area (Å²) in [5.41, 5.74) is 0.0236. The van der Waals surface area contributed by atoms with Crippen molar-refractivity contribution < 1.29 is 9.47 Å². The van der Waals surface area contributed by atoms with Crippen molar-refractivity contribution in [1.29, 1.82) is 0 Å². The lowest BCUT2D eigenvalue weighted by atomic mass is 10.1. The highest BCUT2D eigenvalue weighted by atomic mass is 16.5. The second kappa shape index (κ2) is 8.86. The van der Waals surface area contributed by atoms with Gasteiger partial charge in [0.25, 0.3) is 0 Å². The van der Waals surface area contributed by atoms with Crippen LogP contribution in [0.2, 0.25) is 0 Å². The molecule has 0 aromatic heterocycles. The zero-order valence-electron chi connectivity index (χ0n) is 12.3. The molecule has 0 unspecified atom stereocenters. The van der Waals surface area contributed by atoms with Crippen LogP contribution < -0.4 is 5.32 Å². The molecular weight excluding hydrogens is 228 g/mol. The lowest BCUT2D eigenvalue weighted by Gasteiger charge is -2.38. The first kappa shape index (κ1) is 15.9. The van der Waals surface area contributed by atoms with E-state index in [0.717, 1.165) is 59.0 Å². The number of morpholine rings is 1. The van der Waals surface area contributed by atoms with Gasteiger partial charge in [-0.15, -0.1) is 0 Å². The number of hydrogen-bond acceptors (Lipinski definition) is 4. The summed E-state index contributed by atoms with van der Waals surface area (Å²) in [6.07, 6.45) is 2.36. The fourth-order valence-electron chi connectivity index (χ4n) is 2.27. The van der Waals surface area contributed by atoms with Crippen LogP contribution >= 0.6 is 0 Å². The van der Waals surface area contributed by atoms with E-state index in [-0.39, 0.29) is 5.60 Å². The van der Waals surface area contributed by atoms with Gasteiger partial charge in [0.15, 0.2) is 0 Å². The van der Waals surface area contributed by atoms with Crippen LogP contribution in [0.15, 0.2) is 0 Å². The van der Waals surface area contributed by atoms with E-state index in [9.17, 15) is 0 Å². The summed E-state index contributed by atoms with van der Waals surface area (Å²) in [4.78, 5) is 2.48. The molecule has 1 aliphatic rings. The summed E-state index contributed by atoms with van der Waals surface area (Å²) in [5, 5.41) is 3.50. The molecule has 0 spiro atoms. The minimum absolute atomic E-state index is 0.0236. The lowest BCUT2D eigenvalue weighted by molar-refractivity contribution is -0.0854. The minimum Gasteiger partial charge on any atom is -0.382 e. The second-order valence-corrected chi connectivity index (χ2v) is 5.54. The third kappa shape index (κ3) is 7.31. The first-order valence-electron chi connectivity index (χ1n) is 7.29. The Labute approximate surface area is 112 Å². The molecule has 0 aromatic rings. The molecule has 4 nitrogen and oxygen atoms in total. The SMILES string of the molecule is CCOCCCCNCCN1CCOC(C)(C)C1. The van der Waals surface area contributed by atoms with E-state index in [0.29, 0.717) is 0 Å². The van der Waals surface area contributed by atoms with Gasteiger partial charge in [-0.2, -0.15) is 0 Å². The van der Waals surface area contributed by atoms with Gasteiger partial charge in [0.1, 0.15) is 0 Å². The first-order valence-corrected chi connectivity index (χ1v) is 7.29. The Balaban J connectivity index is 1.91. The number of nitrogens with one attached hydrogen (secondary N) is 1. The molecule has 1 fully saturated rings. The summed E-state index contributed by atoms with van der Waals surface area (Å²) < 4.78 is 11.0. The van der Waals surface area contributed by atoms with Gasteiger partial charge in [-0.25, -0.2) is 0 Å². The van der Waals surface area contributed by atoms with E-state index >= 15 is 0 Å². The van der Waals surface area contributed by atoms with Gasteiger partial charge in [-0.05, 0) is 40.2 Å². The first-order chi connectivity index (χ1) is 8.64. The fourth-order valence-corrected chi connectivity index (χ4v) is 2.27. The molecule has 1 aliphatic heterocycles. The molecule has 0 radical (unpaired) electrons. The second-order valence-electron chi connectivity index (χ2n) is 5.54. The van der Waals surface area contributed by atoms with Crippen LogP contribution in [0.3, 0.4) is 0 Å². The Kier molecular flexibility index (Phi) is 7.82. The predicted octanol–water partition coefficient (Wildman–Crippen LogP) is 1.50. The maximum absolute atomic E-state index is 5.70. The van der Waals surface area contributed by atoms with Gasteiger partial charge in [0.05, 0.1) is 12.2 Å². The maximum Gasteiger partial charge on any atom is 0.0753 e. The fraction of sp³-hybridized carbons (Fsp3) is 1.00. The Morgan fingerprint density at radius 2 is 2.11 bits per heavy atom. The van der Waals surface area contributed by atoms with Crippen LogP contribution in [0, 0.1) is 0 Å². The van der Waals surface area contributed by atoms with Crippen molar-refractivity contribution in [2.24, 2.45) is 0 Å². The molecule has 0 atom stereocenters. The number of nitrogens with zero attached hydrogens (tertiary/aromatic N) is 1. The molecule has 108 valence electrons. The van der Waals surface area contributed by atoms with Crippen molar-refractivity contribution in [3.8, 4) is 0 Å². The zero-order valence-corrected chi connectivity index (χ0v) is 12.3. The largest absolute Gasteiger partial charge is 0.382 e. The number of rotatable bonds is 9. The monoisotopic (exact) mass is 258 g/mol. The molecule has 18 heavy (non-hydrogen) atoms. The molecule has 0 aromatic carbocycles. The highest BCUT2D eigenvalue weighted by Crippen LogP contribution is 2.15. The van der Waals surface area contributed by atoms with Crippen LogP contribution in [0.1, 0.15) is 33.6 Å². The lowest BCUT2D eigenvalue weighted by Crippen LogP contribution is -2.49. The van der Waals surface area contributed by atoms with E-state index in [1.165, 1.54) is 6.42 Å². The van der Waals surface area contributed by atoms with Crippen molar-refractivity contribution in [3.05, 3.63) is 0 Å². The Bertz CT molecular complexity index is 210. The van der Waals surface area contributed by atoms with Gasteiger partial charge < -0.3 is 14.8 Å². The van der Waals surface area contributed by atoms with Crippen LogP contribution in [-0.4, -0.2) is 63.0 Å². The standard InChI is InChI=1S/C14H30N2O2/c1-4-17-11-6-5-7-15-8-9-16-10-12-18-14(2,3)13-16/h15H,4-13H2,1-3H3. The van der Waals surface area contributed by atoms with Gasteiger partial charge >= 0.3 is 0 Å². The number of unbranched alkanes of at least 4 members (excludes halogenated alkanes) is 1. The average molecular weight is 258 g/mol. The molecule has 1 heterocycles. The summed E-state index contributed by atoms with van der Waals surface area (Å²) in [7, 11) is 0. The molecule has 4 heteroatoms. The van der Waals surface area contributed by atoms with E-state index in [4.69, 9.17) is 9.47 Å². The topological polar surface area (TPSA) is 33.7 Å². The highest BCUT2D eigenvalue weighted by Gasteiger charge is 2.26. The molecule has 1 saturated heterocycles. The van der Waals surface area contributed by atoms with Gasteiger partial charge in [0.2, 0.25) is 0 Å². The van der Waals surface area contributed by atoms with Crippen LogP contribution in [-0.2, 0) is 9.47 Å². The summed E-state index contributed by atoms with van der Waals surface area (Å²) in [6, 6.07) is 0. The Morgan fingerprint density at radius 3 is 2.83 bits per heavy atom. The molecular formula is C14H30N2O2. The summed E-state index contributed by atoms with van der Waals surface area (Å²) >= 11 is 0. The number of ether oxygens (including phenoxy) is 2. The summed E-state index contributed by atoms with van der Waals surface area (Å²) in [6.45, 7) is 14.4. The van der Waals surface area contributed by atoms with E-state index in [1.54, 1.807) is 0 Å². The van der Waals surface area contributed by atoms with E-state index in [2.05, 4.69) is 24.1 Å². The van der Waals surface area contributed by atoms with E-state index < -0.39 is 0 Å². The van der Waals surface area contributed by atoms with Crippen LogP contribution in [0.4, 0.5) is 0 Å². The van der Waals surface area contributed by atoms with Crippen molar-refractivity contribution >= 4 is 0 Å². The van der Waals surface area contributed by atoms with Crippen molar-refractivity contribution in [1.82, 2.24) is 10.2 Å². The Hall–Kier alpha value is -0.160. The average Bonchev–Trinajstić information content (AvgIpc) is 2.31.